The number of hydrogen-bond donors (Lipinski definition) is 2. The molecule has 8 heteroatoms. The molecule has 2 unspecified atom stereocenters. The molecule has 1 rings (SSSR count). The van der Waals surface area contributed by atoms with E-state index in [-0.39, 0.29) is 6.54 Å². The second-order valence-corrected chi connectivity index (χ2v) is 5.24. The number of likely N-dealkylation sites (N-methyl/N-ethyl adjacent to an activating group) is 1. The van der Waals surface area contributed by atoms with E-state index >= 15 is 0 Å². The van der Waals surface area contributed by atoms with E-state index in [9.17, 15) is 18.0 Å². The summed E-state index contributed by atoms with van der Waals surface area (Å²) in [6.45, 7) is 1.04. The average Bonchev–Trinajstić information content (AvgIpc) is 2.50. The first kappa shape index (κ1) is 19.2. The molecule has 0 radical (unpaired) electrons. The molecule has 1 aromatic carbocycles. The number of alkyl halides is 3. The zero-order valence-electron chi connectivity index (χ0n) is 13.2. The lowest BCUT2D eigenvalue weighted by Crippen LogP contribution is -2.48. The van der Waals surface area contributed by atoms with Gasteiger partial charge in [-0.1, -0.05) is 12.1 Å². The van der Waals surface area contributed by atoms with Crippen LogP contribution in [0, 0.1) is 0 Å². The topological polar surface area (TPSA) is 61.8 Å². The van der Waals surface area contributed by atoms with Crippen LogP contribution in [0.2, 0.25) is 0 Å². The molecule has 0 saturated heterocycles. The smallest absolute Gasteiger partial charge is 0.415 e. The molecule has 0 aliphatic heterocycles. The summed E-state index contributed by atoms with van der Waals surface area (Å²) >= 11 is 0. The van der Waals surface area contributed by atoms with Gasteiger partial charge in [0.2, 0.25) is 5.91 Å². The number of nitrogens with zero attached hydrogens (tertiary/aromatic N) is 1. The van der Waals surface area contributed by atoms with E-state index in [0.29, 0.717) is 5.75 Å². The molecule has 0 aliphatic rings. The Morgan fingerprint density at radius 1 is 1.43 bits per heavy atom. The molecule has 130 valence electrons. The summed E-state index contributed by atoms with van der Waals surface area (Å²) in [6, 6.07) is 6.28. The highest BCUT2D eigenvalue weighted by Gasteiger charge is 2.39. The van der Waals surface area contributed by atoms with Crippen molar-refractivity contribution in [2.24, 2.45) is 0 Å². The Labute approximate surface area is 133 Å². The SMILES string of the molecule is COc1cccc(CNC(=O)C(C)N(C)CC(O)C(F)(F)F)c1. The highest BCUT2D eigenvalue weighted by molar-refractivity contribution is 5.81. The third-order valence-corrected chi connectivity index (χ3v) is 3.48. The van der Waals surface area contributed by atoms with Gasteiger partial charge in [-0.15, -0.1) is 0 Å². The lowest BCUT2D eigenvalue weighted by molar-refractivity contribution is -0.208. The predicted molar refractivity (Wildman–Crippen MR) is 79.0 cm³/mol. The highest BCUT2D eigenvalue weighted by Crippen LogP contribution is 2.21. The van der Waals surface area contributed by atoms with Crippen LogP contribution < -0.4 is 10.1 Å². The lowest BCUT2D eigenvalue weighted by Gasteiger charge is -2.27. The number of rotatable bonds is 7. The van der Waals surface area contributed by atoms with Crippen molar-refractivity contribution in [3.63, 3.8) is 0 Å². The Bertz CT molecular complexity index is 523. The summed E-state index contributed by atoms with van der Waals surface area (Å²) in [5.41, 5.74) is 0.808. The molecule has 1 amide bonds. The van der Waals surface area contributed by atoms with E-state index in [2.05, 4.69) is 5.32 Å². The number of carbonyl (C=O) groups excluding carboxylic acids is 1. The quantitative estimate of drug-likeness (QED) is 0.794. The van der Waals surface area contributed by atoms with Gasteiger partial charge in [0.25, 0.3) is 0 Å². The second-order valence-electron chi connectivity index (χ2n) is 5.24. The molecule has 0 fully saturated rings. The molecule has 2 N–H and O–H groups in total. The van der Waals surface area contributed by atoms with Gasteiger partial charge >= 0.3 is 6.18 Å². The van der Waals surface area contributed by atoms with Crippen LogP contribution in [-0.4, -0.2) is 54.9 Å². The molecule has 0 aromatic heterocycles. The third-order valence-electron chi connectivity index (χ3n) is 3.48. The molecule has 1 aromatic rings. The van der Waals surface area contributed by atoms with E-state index in [1.54, 1.807) is 24.3 Å². The Hall–Kier alpha value is -1.80. The normalized spacial score (nSPS) is 14.4. The Kier molecular flexibility index (Phi) is 6.83. The largest absolute Gasteiger partial charge is 0.497 e. The van der Waals surface area contributed by atoms with Gasteiger partial charge in [-0.3, -0.25) is 9.69 Å². The summed E-state index contributed by atoms with van der Waals surface area (Å²) in [5, 5.41) is 11.7. The standard InChI is InChI=1S/C15H21F3N2O3/c1-10(20(2)9-13(21)15(16,17)18)14(22)19-8-11-5-4-6-12(7-11)23-3/h4-7,10,13,21H,8-9H2,1-3H3,(H,19,22). The molecule has 0 aliphatic carbocycles. The van der Waals surface area contributed by atoms with Crippen LogP contribution in [0.4, 0.5) is 13.2 Å². The predicted octanol–water partition coefficient (Wildman–Crippen LogP) is 1.55. The van der Waals surface area contributed by atoms with Crippen LogP contribution in [0.25, 0.3) is 0 Å². The minimum atomic E-state index is -4.70. The fraction of sp³-hybridized carbons (Fsp3) is 0.533. The summed E-state index contributed by atoms with van der Waals surface area (Å²) in [4.78, 5) is 13.1. The van der Waals surface area contributed by atoms with E-state index in [1.807, 2.05) is 0 Å². The van der Waals surface area contributed by atoms with Crippen LogP contribution in [-0.2, 0) is 11.3 Å². The zero-order chi connectivity index (χ0) is 17.6. The number of halogens is 3. The fourth-order valence-electron chi connectivity index (χ4n) is 1.85. The minimum Gasteiger partial charge on any atom is -0.497 e. The summed E-state index contributed by atoms with van der Waals surface area (Å²) in [7, 11) is 2.88. The van der Waals surface area contributed by atoms with Crippen molar-refractivity contribution in [1.29, 1.82) is 0 Å². The third kappa shape index (κ3) is 6.07. The van der Waals surface area contributed by atoms with Gasteiger partial charge in [-0.25, -0.2) is 0 Å². The van der Waals surface area contributed by atoms with Crippen LogP contribution in [0.5, 0.6) is 5.75 Å². The Morgan fingerprint density at radius 2 is 2.09 bits per heavy atom. The number of aliphatic hydroxyl groups is 1. The van der Waals surface area contributed by atoms with Crippen molar-refractivity contribution >= 4 is 5.91 Å². The number of nitrogens with one attached hydrogen (secondary N) is 1. The average molecular weight is 334 g/mol. The summed E-state index contributed by atoms with van der Waals surface area (Å²) in [5.74, 6) is 0.222. The molecule has 23 heavy (non-hydrogen) atoms. The number of methoxy groups -OCH3 is 1. The van der Waals surface area contributed by atoms with Crippen molar-refractivity contribution in [2.75, 3.05) is 20.7 Å². The monoisotopic (exact) mass is 334 g/mol. The van der Waals surface area contributed by atoms with Crippen molar-refractivity contribution in [3.8, 4) is 5.75 Å². The maximum absolute atomic E-state index is 12.3. The van der Waals surface area contributed by atoms with E-state index in [1.165, 1.54) is 21.1 Å². The Morgan fingerprint density at radius 3 is 2.65 bits per heavy atom. The fourth-order valence-corrected chi connectivity index (χ4v) is 1.85. The van der Waals surface area contributed by atoms with Crippen LogP contribution in [0.3, 0.4) is 0 Å². The van der Waals surface area contributed by atoms with E-state index < -0.39 is 30.8 Å². The Balaban J connectivity index is 2.53. The first-order valence-corrected chi connectivity index (χ1v) is 7.00. The minimum absolute atomic E-state index is 0.232. The molecule has 0 heterocycles. The maximum atomic E-state index is 12.3. The van der Waals surface area contributed by atoms with Gasteiger partial charge < -0.3 is 15.2 Å². The number of ether oxygens (including phenoxy) is 1. The van der Waals surface area contributed by atoms with Crippen molar-refractivity contribution in [3.05, 3.63) is 29.8 Å². The van der Waals surface area contributed by atoms with Gasteiger partial charge in [-0.05, 0) is 31.7 Å². The molecule has 2 atom stereocenters. The van der Waals surface area contributed by atoms with Crippen LogP contribution in [0.1, 0.15) is 12.5 Å². The van der Waals surface area contributed by atoms with Crippen molar-refractivity contribution in [2.45, 2.75) is 31.8 Å². The maximum Gasteiger partial charge on any atom is 0.415 e. The zero-order valence-corrected chi connectivity index (χ0v) is 13.2. The molecule has 0 bridgehead atoms. The van der Waals surface area contributed by atoms with Gasteiger partial charge in [0.05, 0.1) is 13.2 Å². The van der Waals surface area contributed by atoms with Crippen LogP contribution in [0.15, 0.2) is 24.3 Å². The van der Waals surface area contributed by atoms with E-state index in [4.69, 9.17) is 9.84 Å². The molecule has 5 nitrogen and oxygen atoms in total. The molecule has 0 saturated carbocycles. The first-order chi connectivity index (χ1) is 10.6. The molecule has 0 spiro atoms. The number of benzene rings is 1. The van der Waals surface area contributed by atoms with Crippen molar-refractivity contribution in [1.82, 2.24) is 10.2 Å². The molecular formula is C15H21F3N2O3. The number of amides is 1. The van der Waals surface area contributed by atoms with Gasteiger partial charge in [0.1, 0.15) is 5.75 Å². The van der Waals surface area contributed by atoms with Crippen molar-refractivity contribution < 1.29 is 27.8 Å². The van der Waals surface area contributed by atoms with Crippen LogP contribution >= 0.6 is 0 Å². The second kappa shape index (κ2) is 8.16. The van der Waals surface area contributed by atoms with Gasteiger partial charge in [-0.2, -0.15) is 13.2 Å². The highest BCUT2D eigenvalue weighted by atomic mass is 19.4. The first-order valence-electron chi connectivity index (χ1n) is 7.00. The number of hydrogen-bond acceptors (Lipinski definition) is 4. The summed E-state index contributed by atoms with van der Waals surface area (Å²) < 4.78 is 42.0. The molecular weight excluding hydrogens is 313 g/mol. The summed E-state index contributed by atoms with van der Waals surface area (Å²) in [6.07, 6.45) is -7.19. The van der Waals surface area contributed by atoms with Gasteiger partial charge in [0, 0.05) is 13.1 Å². The van der Waals surface area contributed by atoms with E-state index in [0.717, 1.165) is 10.5 Å². The number of carbonyl (C=O) groups is 1. The van der Waals surface area contributed by atoms with Gasteiger partial charge in [0.15, 0.2) is 6.10 Å². The number of aliphatic hydroxyl groups excluding tert-OH is 1. The lowest BCUT2D eigenvalue weighted by atomic mass is 10.2.